The summed E-state index contributed by atoms with van der Waals surface area (Å²) in [4.78, 5) is 98.0. The minimum absolute atomic E-state index is 0.0191. The molecule has 1 aromatic heterocycles. The van der Waals surface area contributed by atoms with Gasteiger partial charge in [0.25, 0.3) is 11.8 Å². The third-order valence-corrected chi connectivity index (χ3v) is 7.23. The van der Waals surface area contributed by atoms with Crippen LogP contribution in [0.2, 0.25) is 0 Å². The van der Waals surface area contributed by atoms with Gasteiger partial charge in [-0.05, 0) is 25.2 Å². The number of carbonyl (C=O) groups excluding carboxylic acids is 7. The Kier molecular flexibility index (Phi) is 12.1. The van der Waals surface area contributed by atoms with E-state index < -0.39 is 77.9 Å². The van der Waals surface area contributed by atoms with Crippen molar-refractivity contribution in [3.8, 4) is 0 Å². The zero-order valence-corrected chi connectivity index (χ0v) is 25.3. The number of carbonyl (C=O) groups is 7. The lowest BCUT2D eigenvalue weighted by Gasteiger charge is -2.26. The molecule has 4 atom stereocenters. The monoisotopic (exact) mass is 616 g/mol. The molecule has 2 fully saturated rings. The fourth-order valence-electron chi connectivity index (χ4n) is 4.67. The van der Waals surface area contributed by atoms with E-state index in [-0.39, 0.29) is 31.2 Å². The molecule has 0 spiro atoms. The van der Waals surface area contributed by atoms with Gasteiger partial charge in [-0.25, -0.2) is 9.78 Å². The van der Waals surface area contributed by atoms with E-state index in [2.05, 4.69) is 36.6 Å². The number of methoxy groups -OCH3 is 1. The second kappa shape index (κ2) is 15.7. The molecule has 0 aromatic carbocycles. The Bertz CT molecular complexity index is 1240. The highest BCUT2D eigenvalue weighted by atomic mass is 16.5. The maximum atomic E-state index is 13.4. The summed E-state index contributed by atoms with van der Waals surface area (Å²) in [5.41, 5.74) is 0.0191. The van der Waals surface area contributed by atoms with Crippen LogP contribution in [0.5, 0.6) is 0 Å². The van der Waals surface area contributed by atoms with E-state index in [1.54, 1.807) is 13.8 Å². The minimum Gasteiger partial charge on any atom is -0.453 e. The van der Waals surface area contributed by atoms with Crippen molar-refractivity contribution in [2.24, 2.45) is 11.8 Å². The predicted molar refractivity (Wildman–Crippen MR) is 154 cm³/mol. The number of nitrogens with one attached hydrogen (secondary N) is 5. The Morgan fingerprint density at radius 2 is 1.75 bits per heavy atom. The molecule has 2 heterocycles. The zero-order valence-electron chi connectivity index (χ0n) is 25.3. The normalized spacial score (nSPS) is 18.9. The van der Waals surface area contributed by atoms with Crippen molar-refractivity contribution in [1.82, 2.24) is 41.5 Å². The SMILES string of the molecule is CCC[C@H](NC(=O)[C@@H]1CN(C(=O)OC)C[C@@H]1NC(=O)[C@@H](NC(=O)CNC(=O)c1cnccn1)C(C)C)C(=O)C(=O)NC1CC1. The van der Waals surface area contributed by atoms with E-state index >= 15 is 0 Å². The molecule has 3 rings (SSSR count). The van der Waals surface area contributed by atoms with Gasteiger partial charge in [0.15, 0.2) is 0 Å². The van der Waals surface area contributed by atoms with Crippen molar-refractivity contribution in [2.75, 3.05) is 26.7 Å². The van der Waals surface area contributed by atoms with Gasteiger partial charge in [-0.3, -0.25) is 33.8 Å². The Labute approximate surface area is 254 Å². The average Bonchev–Trinajstić information content (AvgIpc) is 3.73. The Morgan fingerprint density at radius 1 is 1.02 bits per heavy atom. The summed E-state index contributed by atoms with van der Waals surface area (Å²) in [6.07, 6.45) is 5.60. The molecule has 16 nitrogen and oxygen atoms in total. The van der Waals surface area contributed by atoms with Crippen LogP contribution in [0.4, 0.5) is 4.79 Å². The third-order valence-electron chi connectivity index (χ3n) is 7.23. The van der Waals surface area contributed by atoms with Gasteiger partial charge in [-0.15, -0.1) is 0 Å². The first-order chi connectivity index (χ1) is 20.9. The molecule has 0 radical (unpaired) electrons. The van der Waals surface area contributed by atoms with Gasteiger partial charge in [0, 0.05) is 31.5 Å². The van der Waals surface area contributed by atoms with E-state index in [0.29, 0.717) is 6.42 Å². The lowest BCUT2D eigenvalue weighted by molar-refractivity contribution is -0.140. The van der Waals surface area contributed by atoms with E-state index in [0.717, 1.165) is 12.8 Å². The summed E-state index contributed by atoms with van der Waals surface area (Å²) in [6.45, 7) is 4.60. The average molecular weight is 617 g/mol. The molecule has 6 amide bonds. The molecule has 1 saturated heterocycles. The Hall–Kier alpha value is -4.63. The molecule has 1 aliphatic heterocycles. The van der Waals surface area contributed by atoms with Gasteiger partial charge >= 0.3 is 6.09 Å². The summed E-state index contributed by atoms with van der Waals surface area (Å²) in [5, 5.41) is 13.0. The van der Waals surface area contributed by atoms with Gasteiger partial charge in [0.05, 0.1) is 37.9 Å². The molecule has 1 saturated carbocycles. The first kappa shape index (κ1) is 33.9. The second-order valence-corrected chi connectivity index (χ2v) is 11.1. The number of hydrogen-bond donors (Lipinski definition) is 5. The minimum atomic E-state index is -1.07. The number of ketones is 1. The van der Waals surface area contributed by atoms with E-state index in [4.69, 9.17) is 4.74 Å². The lowest BCUT2D eigenvalue weighted by Crippen LogP contribution is -2.57. The Balaban J connectivity index is 1.66. The van der Waals surface area contributed by atoms with E-state index in [9.17, 15) is 33.6 Å². The summed E-state index contributed by atoms with van der Waals surface area (Å²) < 4.78 is 4.80. The third kappa shape index (κ3) is 9.44. The molecular formula is C28H40N8O8. The fourth-order valence-corrected chi connectivity index (χ4v) is 4.67. The molecule has 44 heavy (non-hydrogen) atoms. The van der Waals surface area contributed by atoms with Crippen LogP contribution in [0.3, 0.4) is 0 Å². The molecule has 0 unspecified atom stereocenters. The maximum Gasteiger partial charge on any atom is 0.409 e. The number of Topliss-reactive ketones (excluding diaryl/α,β-unsaturated/α-hetero) is 1. The number of amides is 6. The quantitative estimate of drug-likeness (QED) is 0.155. The molecule has 240 valence electrons. The number of rotatable bonds is 14. The van der Waals surface area contributed by atoms with Gasteiger partial charge in [0.2, 0.25) is 23.5 Å². The van der Waals surface area contributed by atoms with Gasteiger partial charge < -0.3 is 36.2 Å². The van der Waals surface area contributed by atoms with E-state index in [1.807, 2.05) is 6.92 Å². The maximum absolute atomic E-state index is 13.4. The first-order valence-electron chi connectivity index (χ1n) is 14.6. The highest BCUT2D eigenvalue weighted by Crippen LogP contribution is 2.21. The number of aromatic nitrogens is 2. The predicted octanol–water partition coefficient (Wildman–Crippen LogP) is -1.34. The van der Waals surface area contributed by atoms with Gasteiger partial charge in [-0.1, -0.05) is 27.2 Å². The van der Waals surface area contributed by atoms with Gasteiger partial charge in [-0.2, -0.15) is 0 Å². The van der Waals surface area contributed by atoms with Crippen LogP contribution >= 0.6 is 0 Å². The first-order valence-corrected chi connectivity index (χ1v) is 14.6. The number of hydrogen-bond acceptors (Lipinski definition) is 10. The van der Waals surface area contributed by atoms with Crippen molar-refractivity contribution in [2.45, 2.75) is 70.6 Å². The van der Waals surface area contributed by atoms with Crippen LogP contribution in [-0.2, 0) is 28.7 Å². The smallest absolute Gasteiger partial charge is 0.409 e. The molecule has 0 bridgehead atoms. The van der Waals surface area contributed by atoms with Crippen molar-refractivity contribution >= 4 is 41.4 Å². The zero-order chi connectivity index (χ0) is 32.4. The molecule has 1 aliphatic carbocycles. The number of nitrogens with zero attached hydrogens (tertiary/aromatic N) is 3. The molecule has 16 heteroatoms. The van der Waals surface area contributed by atoms with Crippen LogP contribution < -0.4 is 26.6 Å². The number of likely N-dealkylation sites (tertiary alicyclic amines) is 1. The molecular weight excluding hydrogens is 576 g/mol. The summed E-state index contributed by atoms with van der Waals surface area (Å²) in [7, 11) is 1.19. The van der Waals surface area contributed by atoms with Crippen molar-refractivity contribution in [3.05, 3.63) is 24.3 Å². The molecule has 1 aromatic rings. The summed E-state index contributed by atoms with van der Waals surface area (Å²) in [6, 6.07) is -3.05. The fraction of sp³-hybridized carbons (Fsp3) is 0.607. The van der Waals surface area contributed by atoms with Crippen LogP contribution in [0, 0.1) is 11.8 Å². The van der Waals surface area contributed by atoms with Crippen molar-refractivity contribution in [3.63, 3.8) is 0 Å². The second-order valence-electron chi connectivity index (χ2n) is 11.1. The standard InChI is InChI=1S/C28H40N8O8/c1-5-6-18(23(38)27(42)32-16-7-8-16)33-24(39)17-13-36(28(43)44-4)14-20(17)34-26(41)22(15(2)3)35-21(37)12-31-25(40)19-11-29-9-10-30-19/h9-11,15-18,20,22H,5-8,12-14H2,1-4H3,(H,31,40)(H,32,42)(H,33,39)(H,34,41)(H,35,37)/t17-,18+,20+,22+/m1/s1. The Morgan fingerprint density at radius 3 is 2.34 bits per heavy atom. The van der Waals surface area contributed by atoms with Crippen LogP contribution in [0.15, 0.2) is 18.6 Å². The van der Waals surface area contributed by atoms with Gasteiger partial charge in [0.1, 0.15) is 11.7 Å². The largest absolute Gasteiger partial charge is 0.453 e. The van der Waals surface area contributed by atoms with Crippen molar-refractivity contribution < 1.29 is 38.3 Å². The van der Waals surface area contributed by atoms with Crippen LogP contribution in [0.25, 0.3) is 0 Å². The van der Waals surface area contributed by atoms with Crippen LogP contribution in [-0.4, -0.2) is 107 Å². The van der Waals surface area contributed by atoms with E-state index in [1.165, 1.54) is 30.6 Å². The summed E-state index contributed by atoms with van der Waals surface area (Å²) >= 11 is 0. The summed E-state index contributed by atoms with van der Waals surface area (Å²) in [5.74, 6) is -5.39. The lowest BCUT2D eigenvalue weighted by atomic mass is 9.98. The topological polar surface area (TPSA) is 218 Å². The molecule has 5 N–H and O–H groups in total. The number of ether oxygens (including phenoxy) is 1. The van der Waals surface area contributed by atoms with Crippen molar-refractivity contribution in [1.29, 1.82) is 0 Å². The van der Waals surface area contributed by atoms with Crippen LogP contribution in [0.1, 0.15) is 56.9 Å². The highest BCUT2D eigenvalue weighted by Gasteiger charge is 2.43. The highest BCUT2D eigenvalue weighted by molar-refractivity contribution is 6.38. The molecule has 2 aliphatic rings.